The van der Waals surface area contributed by atoms with Crippen molar-refractivity contribution in [2.45, 2.75) is 44.7 Å². The monoisotopic (exact) mass is 406 g/mol. The highest BCUT2D eigenvalue weighted by molar-refractivity contribution is 7.89. The van der Waals surface area contributed by atoms with E-state index in [1.54, 1.807) is 12.1 Å². The van der Waals surface area contributed by atoms with Gasteiger partial charge < -0.3 is 9.30 Å². The molecule has 1 aliphatic heterocycles. The summed E-state index contributed by atoms with van der Waals surface area (Å²) in [7, 11) is -3.51. The number of aryl methyl sites for hydroxylation is 1. The second-order valence-corrected chi connectivity index (χ2v) is 9.65. The minimum absolute atomic E-state index is 0.319. The molecule has 1 saturated heterocycles. The summed E-state index contributed by atoms with van der Waals surface area (Å²) in [6.45, 7) is 9.76. The highest BCUT2D eigenvalue weighted by Crippen LogP contribution is 2.30. The zero-order valence-corrected chi connectivity index (χ0v) is 17.6. The molecule has 1 saturated carbocycles. The van der Waals surface area contributed by atoms with Crippen LogP contribution in [0, 0.1) is 5.92 Å². The van der Waals surface area contributed by atoms with Crippen molar-refractivity contribution < 1.29 is 13.2 Å². The van der Waals surface area contributed by atoms with E-state index in [1.165, 1.54) is 17.1 Å². The third-order valence-electron chi connectivity index (χ3n) is 5.75. The largest absolute Gasteiger partial charge is 0.379 e. The maximum atomic E-state index is 13.0. The molecule has 0 N–H and O–H groups in total. The van der Waals surface area contributed by atoms with Gasteiger partial charge in [-0.2, -0.15) is 4.31 Å². The Hall–Kier alpha value is -1.48. The number of rotatable bonds is 8. The lowest BCUT2D eigenvalue weighted by molar-refractivity contribution is 0.0730. The van der Waals surface area contributed by atoms with Gasteiger partial charge in [-0.3, -0.25) is 4.90 Å². The highest BCUT2D eigenvalue weighted by atomic mass is 32.2. The number of morpholine rings is 1. The Balaban J connectivity index is 1.63. The Morgan fingerprint density at radius 2 is 1.96 bits per heavy atom. The molecule has 0 spiro atoms. The van der Waals surface area contributed by atoms with E-state index in [9.17, 15) is 8.42 Å². The topological polar surface area (TPSA) is 67.7 Å². The lowest BCUT2D eigenvalue weighted by Gasteiger charge is -2.26. The van der Waals surface area contributed by atoms with Gasteiger partial charge in [0.2, 0.25) is 10.0 Å². The normalized spacial score (nSPS) is 19.0. The summed E-state index contributed by atoms with van der Waals surface area (Å²) in [4.78, 5) is 7.59. The molecule has 0 unspecified atom stereocenters. The number of nitrogens with zero attached hydrogens (tertiary/aromatic N) is 4. The Labute approximate surface area is 167 Å². The molecule has 7 nitrogen and oxygen atoms in total. The number of hydrogen-bond donors (Lipinski definition) is 0. The summed E-state index contributed by atoms with van der Waals surface area (Å²) >= 11 is 0. The SMILES string of the molecule is CCN(Cc1nc2cc(S(=O)(=O)N3CCOCC3)ccc2n1CC)CC1CC1. The van der Waals surface area contributed by atoms with Crippen LogP contribution in [0.1, 0.15) is 32.5 Å². The van der Waals surface area contributed by atoms with E-state index in [1.807, 2.05) is 6.07 Å². The van der Waals surface area contributed by atoms with E-state index < -0.39 is 10.0 Å². The molecule has 8 heteroatoms. The molecule has 2 aromatic rings. The Morgan fingerprint density at radius 1 is 1.21 bits per heavy atom. The second kappa shape index (κ2) is 8.10. The predicted octanol–water partition coefficient (Wildman–Crippen LogP) is 2.31. The number of fused-ring (bicyclic) bond motifs is 1. The Morgan fingerprint density at radius 3 is 2.61 bits per heavy atom. The van der Waals surface area contributed by atoms with Crippen LogP contribution >= 0.6 is 0 Å². The fourth-order valence-corrected chi connectivity index (χ4v) is 5.33. The zero-order valence-electron chi connectivity index (χ0n) is 16.8. The van der Waals surface area contributed by atoms with Gasteiger partial charge >= 0.3 is 0 Å². The number of benzene rings is 1. The van der Waals surface area contributed by atoms with Crippen molar-refractivity contribution in [1.29, 1.82) is 0 Å². The first-order valence-corrected chi connectivity index (χ1v) is 11.8. The fraction of sp³-hybridized carbons (Fsp3) is 0.650. The van der Waals surface area contributed by atoms with Crippen molar-refractivity contribution in [2.24, 2.45) is 5.92 Å². The number of hydrogen-bond acceptors (Lipinski definition) is 5. The van der Waals surface area contributed by atoms with Crippen LogP contribution in [-0.4, -0.2) is 66.6 Å². The van der Waals surface area contributed by atoms with Crippen LogP contribution in [0.2, 0.25) is 0 Å². The van der Waals surface area contributed by atoms with Crippen LogP contribution in [-0.2, 0) is 27.8 Å². The number of imidazole rings is 1. The third-order valence-corrected chi connectivity index (χ3v) is 7.64. The zero-order chi connectivity index (χ0) is 19.7. The maximum Gasteiger partial charge on any atom is 0.243 e. The molecule has 2 heterocycles. The van der Waals surface area contributed by atoms with Gasteiger partial charge in [0, 0.05) is 26.2 Å². The third kappa shape index (κ3) is 3.96. The molecule has 0 bridgehead atoms. The van der Waals surface area contributed by atoms with Gasteiger partial charge in [0.1, 0.15) is 5.82 Å². The van der Waals surface area contributed by atoms with Crippen molar-refractivity contribution >= 4 is 21.1 Å². The van der Waals surface area contributed by atoms with Crippen LogP contribution in [0.4, 0.5) is 0 Å². The Bertz CT molecular complexity index is 930. The van der Waals surface area contributed by atoms with E-state index >= 15 is 0 Å². The molecule has 0 atom stereocenters. The number of ether oxygens (including phenoxy) is 1. The van der Waals surface area contributed by atoms with Gasteiger partial charge in [-0.1, -0.05) is 6.92 Å². The van der Waals surface area contributed by atoms with Gasteiger partial charge in [-0.25, -0.2) is 13.4 Å². The molecule has 28 heavy (non-hydrogen) atoms. The predicted molar refractivity (Wildman–Crippen MR) is 109 cm³/mol. The average molecular weight is 407 g/mol. The molecular formula is C20H30N4O3S. The van der Waals surface area contributed by atoms with E-state index in [4.69, 9.17) is 9.72 Å². The van der Waals surface area contributed by atoms with Crippen LogP contribution in [0.15, 0.2) is 23.1 Å². The smallest absolute Gasteiger partial charge is 0.243 e. The van der Waals surface area contributed by atoms with Crippen molar-refractivity contribution in [3.8, 4) is 0 Å². The van der Waals surface area contributed by atoms with Gasteiger partial charge in [-0.05, 0) is 50.4 Å². The first-order chi connectivity index (χ1) is 13.5. The summed E-state index contributed by atoms with van der Waals surface area (Å²) in [5.41, 5.74) is 1.76. The summed E-state index contributed by atoms with van der Waals surface area (Å²) < 4.78 is 34.9. The molecule has 1 aliphatic carbocycles. The molecular weight excluding hydrogens is 376 g/mol. The average Bonchev–Trinajstić information content (AvgIpc) is 3.46. The summed E-state index contributed by atoms with van der Waals surface area (Å²) in [5, 5.41) is 0. The van der Waals surface area contributed by atoms with Crippen molar-refractivity contribution in [1.82, 2.24) is 18.8 Å². The van der Waals surface area contributed by atoms with E-state index in [2.05, 4.69) is 23.3 Å². The second-order valence-electron chi connectivity index (χ2n) is 7.71. The molecule has 1 aromatic carbocycles. The van der Waals surface area contributed by atoms with Crippen molar-refractivity contribution in [3.63, 3.8) is 0 Å². The number of sulfonamides is 1. The Kier molecular flexibility index (Phi) is 5.73. The molecule has 154 valence electrons. The van der Waals surface area contributed by atoms with Crippen LogP contribution < -0.4 is 0 Å². The standard InChI is InChI=1S/C20H30N4O3S/c1-3-22(14-16-5-6-16)15-20-21-18-13-17(7-8-19(18)24(20)4-2)28(25,26)23-9-11-27-12-10-23/h7-8,13,16H,3-6,9-12,14-15H2,1-2H3. The molecule has 2 aliphatic rings. The first kappa shape index (κ1) is 19.8. The molecule has 2 fully saturated rings. The van der Waals surface area contributed by atoms with E-state index in [0.717, 1.165) is 49.0 Å². The van der Waals surface area contributed by atoms with Gasteiger partial charge in [0.05, 0.1) is 35.7 Å². The minimum Gasteiger partial charge on any atom is -0.379 e. The van der Waals surface area contributed by atoms with Gasteiger partial charge in [0.15, 0.2) is 0 Å². The summed E-state index contributed by atoms with van der Waals surface area (Å²) in [6.07, 6.45) is 2.67. The maximum absolute atomic E-state index is 13.0. The lowest BCUT2D eigenvalue weighted by Crippen LogP contribution is -2.40. The molecule has 1 aromatic heterocycles. The fourth-order valence-electron chi connectivity index (χ4n) is 3.90. The van der Waals surface area contributed by atoms with Gasteiger partial charge in [-0.15, -0.1) is 0 Å². The minimum atomic E-state index is -3.51. The summed E-state index contributed by atoms with van der Waals surface area (Å²) in [6, 6.07) is 5.35. The van der Waals surface area contributed by atoms with Gasteiger partial charge in [0.25, 0.3) is 0 Å². The first-order valence-electron chi connectivity index (χ1n) is 10.3. The van der Waals surface area contributed by atoms with Crippen LogP contribution in [0.5, 0.6) is 0 Å². The highest BCUT2D eigenvalue weighted by Gasteiger charge is 2.28. The molecule has 0 amide bonds. The van der Waals surface area contributed by atoms with Crippen LogP contribution in [0.3, 0.4) is 0 Å². The van der Waals surface area contributed by atoms with E-state index in [0.29, 0.717) is 31.2 Å². The van der Waals surface area contributed by atoms with Crippen LogP contribution in [0.25, 0.3) is 11.0 Å². The van der Waals surface area contributed by atoms with E-state index in [-0.39, 0.29) is 0 Å². The number of aromatic nitrogens is 2. The molecule has 4 rings (SSSR count). The quantitative estimate of drug-likeness (QED) is 0.673. The summed E-state index contributed by atoms with van der Waals surface area (Å²) in [5.74, 6) is 1.85. The lowest BCUT2D eigenvalue weighted by atomic mass is 10.3. The molecule has 0 radical (unpaired) electrons. The van der Waals surface area contributed by atoms with Crippen molar-refractivity contribution in [3.05, 3.63) is 24.0 Å². The van der Waals surface area contributed by atoms with Crippen molar-refractivity contribution in [2.75, 3.05) is 39.4 Å².